The molecule has 0 aliphatic carbocycles. The molecule has 2 N–H and O–H groups in total. The second-order valence-corrected chi connectivity index (χ2v) is 4.37. The van der Waals surface area contributed by atoms with E-state index < -0.39 is 0 Å². The summed E-state index contributed by atoms with van der Waals surface area (Å²) in [5.41, 5.74) is 5.55. The Morgan fingerprint density at radius 1 is 1.46 bits per heavy atom. The van der Waals surface area contributed by atoms with Gasteiger partial charge in [-0.1, -0.05) is 13.8 Å². The molecule has 1 saturated heterocycles. The maximum absolute atomic E-state index is 11.5. The molecule has 0 aromatic carbocycles. The molecular weight excluding hydrogens is 164 g/mol. The first-order valence-electron chi connectivity index (χ1n) is 5.06. The zero-order chi connectivity index (χ0) is 10.0. The molecule has 0 aromatic rings. The summed E-state index contributed by atoms with van der Waals surface area (Å²) in [5.74, 6) is 1.44. The van der Waals surface area contributed by atoms with Crippen molar-refractivity contribution in [2.75, 3.05) is 13.1 Å². The van der Waals surface area contributed by atoms with Crippen LogP contribution in [0.2, 0.25) is 0 Å². The molecule has 13 heavy (non-hydrogen) atoms. The number of carbonyl (C=O) groups excluding carboxylic acids is 1. The van der Waals surface area contributed by atoms with Gasteiger partial charge in [-0.25, -0.2) is 0 Å². The summed E-state index contributed by atoms with van der Waals surface area (Å²) < 4.78 is 0. The Bertz CT molecular complexity index is 189. The highest BCUT2D eigenvalue weighted by molar-refractivity contribution is 5.81. The molecule has 0 saturated carbocycles. The van der Waals surface area contributed by atoms with E-state index in [2.05, 4.69) is 13.8 Å². The van der Waals surface area contributed by atoms with E-state index in [9.17, 15) is 4.79 Å². The monoisotopic (exact) mass is 184 g/mol. The maximum Gasteiger partial charge on any atom is 0.239 e. The largest absolute Gasteiger partial charge is 0.341 e. The van der Waals surface area contributed by atoms with Crippen molar-refractivity contribution in [3.63, 3.8) is 0 Å². The lowest BCUT2D eigenvalue weighted by atomic mass is 9.95. The molecule has 1 amide bonds. The normalized spacial score (nSPS) is 25.3. The van der Waals surface area contributed by atoms with Crippen LogP contribution < -0.4 is 5.73 Å². The van der Waals surface area contributed by atoms with Crippen LogP contribution in [0.3, 0.4) is 0 Å². The fraction of sp³-hybridized carbons (Fsp3) is 0.900. The van der Waals surface area contributed by atoms with Gasteiger partial charge in [0.15, 0.2) is 0 Å². The molecule has 0 radical (unpaired) electrons. The van der Waals surface area contributed by atoms with Gasteiger partial charge in [0, 0.05) is 13.1 Å². The summed E-state index contributed by atoms with van der Waals surface area (Å²) in [7, 11) is 0. The maximum atomic E-state index is 11.5. The molecule has 1 heterocycles. The highest BCUT2D eigenvalue weighted by Crippen LogP contribution is 2.23. The third-order valence-corrected chi connectivity index (χ3v) is 2.87. The van der Waals surface area contributed by atoms with Crippen LogP contribution >= 0.6 is 0 Å². The van der Waals surface area contributed by atoms with Crippen LogP contribution in [0, 0.1) is 11.8 Å². The standard InChI is InChI=1S/C10H20N2O/c1-7(2)9-4-5-12(6-9)10(13)8(3)11/h7-9H,4-6,11H2,1-3H3/t8-,9?/m1/s1. The third-order valence-electron chi connectivity index (χ3n) is 2.87. The summed E-state index contributed by atoms with van der Waals surface area (Å²) in [6, 6.07) is -0.342. The minimum Gasteiger partial charge on any atom is -0.341 e. The molecule has 1 unspecified atom stereocenters. The Hall–Kier alpha value is -0.570. The van der Waals surface area contributed by atoms with Crippen molar-refractivity contribution in [3.8, 4) is 0 Å². The van der Waals surface area contributed by atoms with E-state index in [0.717, 1.165) is 19.5 Å². The number of rotatable bonds is 2. The molecule has 1 rings (SSSR count). The lowest BCUT2D eigenvalue weighted by Crippen LogP contribution is -2.40. The van der Waals surface area contributed by atoms with Crippen molar-refractivity contribution in [1.82, 2.24) is 4.90 Å². The number of amides is 1. The zero-order valence-corrected chi connectivity index (χ0v) is 8.79. The van der Waals surface area contributed by atoms with E-state index in [1.165, 1.54) is 0 Å². The summed E-state index contributed by atoms with van der Waals surface area (Å²) >= 11 is 0. The second kappa shape index (κ2) is 4.09. The average molecular weight is 184 g/mol. The fourth-order valence-corrected chi connectivity index (χ4v) is 1.82. The van der Waals surface area contributed by atoms with Crippen LogP contribution in [-0.4, -0.2) is 29.9 Å². The van der Waals surface area contributed by atoms with Gasteiger partial charge < -0.3 is 10.6 Å². The van der Waals surface area contributed by atoms with Gasteiger partial charge in [0.05, 0.1) is 6.04 Å². The second-order valence-electron chi connectivity index (χ2n) is 4.37. The van der Waals surface area contributed by atoms with Gasteiger partial charge in [-0.2, -0.15) is 0 Å². The molecule has 1 fully saturated rings. The van der Waals surface area contributed by atoms with Gasteiger partial charge in [-0.3, -0.25) is 4.79 Å². The Kier molecular flexibility index (Phi) is 3.31. The summed E-state index contributed by atoms with van der Waals surface area (Å²) in [4.78, 5) is 13.4. The molecule has 76 valence electrons. The lowest BCUT2D eigenvalue weighted by molar-refractivity contribution is -0.131. The quantitative estimate of drug-likeness (QED) is 0.691. The van der Waals surface area contributed by atoms with Crippen LogP contribution in [0.1, 0.15) is 27.2 Å². The average Bonchev–Trinajstić information content (AvgIpc) is 2.50. The first-order chi connectivity index (χ1) is 6.02. The Balaban J connectivity index is 2.45. The minimum atomic E-state index is -0.342. The fourth-order valence-electron chi connectivity index (χ4n) is 1.82. The molecule has 3 heteroatoms. The van der Waals surface area contributed by atoms with Gasteiger partial charge in [0.2, 0.25) is 5.91 Å². The summed E-state index contributed by atoms with van der Waals surface area (Å²) in [6.45, 7) is 7.97. The topological polar surface area (TPSA) is 46.3 Å². The lowest BCUT2D eigenvalue weighted by Gasteiger charge is -2.19. The van der Waals surface area contributed by atoms with E-state index in [1.54, 1.807) is 6.92 Å². The van der Waals surface area contributed by atoms with E-state index in [0.29, 0.717) is 11.8 Å². The van der Waals surface area contributed by atoms with Gasteiger partial charge in [-0.05, 0) is 25.2 Å². The van der Waals surface area contributed by atoms with E-state index in [4.69, 9.17) is 5.73 Å². The van der Waals surface area contributed by atoms with Crippen molar-refractivity contribution >= 4 is 5.91 Å². The Labute approximate surface area is 80.3 Å². The van der Waals surface area contributed by atoms with Gasteiger partial charge in [0.25, 0.3) is 0 Å². The minimum absolute atomic E-state index is 0.100. The van der Waals surface area contributed by atoms with Gasteiger partial charge >= 0.3 is 0 Å². The molecule has 1 aliphatic heterocycles. The van der Waals surface area contributed by atoms with E-state index in [1.807, 2.05) is 4.90 Å². The predicted molar refractivity (Wildman–Crippen MR) is 53.2 cm³/mol. The molecular formula is C10H20N2O. The molecule has 0 bridgehead atoms. The van der Waals surface area contributed by atoms with Gasteiger partial charge in [-0.15, -0.1) is 0 Å². The highest BCUT2D eigenvalue weighted by Gasteiger charge is 2.28. The number of carbonyl (C=O) groups is 1. The first kappa shape index (κ1) is 10.5. The molecule has 1 aliphatic rings. The third kappa shape index (κ3) is 2.44. The predicted octanol–water partition coefficient (Wildman–Crippen LogP) is 0.838. The van der Waals surface area contributed by atoms with Crippen molar-refractivity contribution in [1.29, 1.82) is 0 Å². The number of likely N-dealkylation sites (tertiary alicyclic amines) is 1. The number of nitrogens with two attached hydrogens (primary N) is 1. The summed E-state index contributed by atoms with van der Waals surface area (Å²) in [5, 5.41) is 0. The van der Waals surface area contributed by atoms with Gasteiger partial charge in [0.1, 0.15) is 0 Å². The van der Waals surface area contributed by atoms with Crippen LogP contribution in [0.25, 0.3) is 0 Å². The van der Waals surface area contributed by atoms with E-state index in [-0.39, 0.29) is 11.9 Å². The van der Waals surface area contributed by atoms with Crippen LogP contribution in [0.5, 0.6) is 0 Å². The number of nitrogens with zero attached hydrogens (tertiary/aromatic N) is 1. The van der Waals surface area contributed by atoms with E-state index >= 15 is 0 Å². The SMILES string of the molecule is CC(C)C1CCN(C(=O)[C@@H](C)N)C1. The number of hydrogen-bond acceptors (Lipinski definition) is 2. The van der Waals surface area contributed by atoms with Crippen molar-refractivity contribution in [2.24, 2.45) is 17.6 Å². The smallest absolute Gasteiger partial charge is 0.239 e. The van der Waals surface area contributed by atoms with Crippen molar-refractivity contribution < 1.29 is 4.79 Å². The van der Waals surface area contributed by atoms with Crippen molar-refractivity contribution in [3.05, 3.63) is 0 Å². The summed E-state index contributed by atoms with van der Waals surface area (Å²) in [6.07, 6.45) is 1.14. The molecule has 0 spiro atoms. The van der Waals surface area contributed by atoms with Crippen LogP contribution in [0.4, 0.5) is 0 Å². The molecule has 3 nitrogen and oxygen atoms in total. The highest BCUT2D eigenvalue weighted by atomic mass is 16.2. The Morgan fingerprint density at radius 2 is 2.08 bits per heavy atom. The number of hydrogen-bond donors (Lipinski definition) is 1. The zero-order valence-electron chi connectivity index (χ0n) is 8.79. The molecule has 0 aromatic heterocycles. The van der Waals surface area contributed by atoms with Crippen molar-refractivity contribution in [2.45, 2.75) is 33.2 Å². The van der Waals surface area contributed by atoms with Crippen LogP contribution in [-0.2, 0) is 4.79 Å². The molecule has 2 atom stereocenters. The van der Waals surface area contributed by atoms with Crippen LogP contribution in [0.15, 0.2) is 0 Å². The first-order valence-corrected chi connectivity index (χ1v) is 5.06. The Morgan fingerprint density at radius 3 is 2.46 bits per heavy atom.